The Labute approximate surface area is 161 Å². The van der Waals surface area contributed by atoms with Gasteiger partial charge in [0.25, 0.3) is 5.91 Å². The Morgan fingerprint density at radius 1 is 1.12 bits per heavy atom. The first-order valence-electron chi connectivity index (χ1n) is 7.91. The van der Waals surface area contributed by atoms with Crippen LogP contribution in [0.4, 0.5) is 0 Å². The molecule has 0 aliphatic carbocycles. The molecule has 0 saturated carbocycles. The third-order valence-corrected chi connectivity index (χ3v) is 6.54. The Kier molecular flexibility index (Phi) is 7.65. The van der Waals surface area contributed by atoms with Gasteiger partial charge < -0.3 is 19.8 Å². The number of hydrogen-bond acceptors (Lipinski definition) is 6. The fraction of sp³-hybridized carbons (Fsp3) is 0.533. The van der Waals surface area contributed by atoms with Crippen molar-refractivity contribution in [3.8, 4) is 0 Å². The molecule has 0 bridgehead atoms. The van der Waals surface area contributed by atoms with Crippen LogP contribution in [0.2, 0.25) is 10.0 Å². The number of aliphatic hydroxyl groups is 2. The highest BCUT2D eigenvalue weighted by Gasteiger charge is 2.30. The number of halogens is 2. The van der Waals surface area contributed by atoms with E-state index in [1.807, 2.05) is 0 Å². The molecule has 11 heteroatoms. The predicted octanol–water partition coefficient (Wildman–Crippen LogP) is 0.441. The van der Waals surface area contributed by atoms with Crippen LogP contribution in [0.25, 0.3) is 0 Å². The molecule has 26 heavy (non-hydrogen) atoms. The summed E-state index contributed by atoms with van der Waals surface area (Å²) in [5.74, 6) is -0.604. The standard InChI is InChI=1S/C15H20Cl2N2O6S/c16-12-10-13(17)14(26(23,24)19-3-7-25-8-4-19)9-11(12)15(22)18(1-5-20)2-6-21/h9-10,20-21H,1-8H2. The average Bonchev–Trinajstić information content (AvgIpc) is 2.61. The zero-order valence-electron chi connectivity index (χ0n) is 13.9. The Morgan fingerprint density at radius 2 is 1.69 bits per heavy atom. The molecule has 1 aromatic carbocycles. The summed E-state index contributed by atoms with van der Waals surface area (Å²) in [6.07, 6.45) is 0. The summed E-state index contributed by atoms with van der Waals surface area (Å²) >= 11 is 12.2. The number of morpholine rings is 1. The third kappa shape index (κ3) is 4.66. The number of carbonyl (C=O) groups is 1. The summed E-state index contributed by atoms with van der Waals surface area (Å²) in [6.45, 7) is 0.255. The van der Waals surface area contributed by atoms with Crippen LogP contribution in [-0.2, 0) is 14.8 Å². The van der Waals surface area contributed by atoms with Gasteiger partial charge in [0, 0.05) is 26.2 Å². The van der Waals surface area contributed by atoms with Crippen LogP contribution in [0.5, 0.6) is 0 Å². The highest BCUT2D eigenvalue weighted by Crippen LogP contribution is 2.31. The van der Waals surface area contributed by atoms with Crippen LogP contribution in [-0.4, -0.2) is 86.3 Å². The highest BCUT2D eigenvalue weighted by atomic mass is 35.5. The van der Waals surface area contributed by atoms with E-state index < -0.39 is 15.9 Å². The molecule has 0 unspecified atom stereocenters. The van der Waals surface area contributed by atoms with Gasteiger partial charge >= 0.3 is 0 Å². The maximum atomic E-state index is 12.9. The lowest BCUT2D eigenvalue weighted by molar-refractivity contribution is 0.0684. The van der Waals surface area contributed by atoms with Crippen molar-refractivity contribution < 1.29 is 28.2 Å². The van der Waals surface area contributed by atoms with Crippen molar-refractivity contribution in [3.63, 3.8) is 0 Å². The number of hydrogen-bond donors (Lipinski definition) is 2. The lowest BCUT2D eigenvalue weighted by Crippen LogP contribution is -2.41. The summed E-state index contributed by atoms with van der Waals surface area (Å²) in [6, 6.07) is 2.35. The van der Waals surface area contributed by atoms with Gasteiger partial charge in [0.2, 0.25) is 10.0 Å². The number of aliphatic hydroxyl groups excluding tert-OH is 2. The van der Waals surface area contributed by atoms with E-state index in [0.717, 1.165) is 6.07 Å². The normalized spacial score (nSPS) is 15.8. The van der Waals surface area contributed by atoms with Crippen molar-refractivity contribution in [2.45, 2.75) is 4.90 Å². The zero-order chi connectivity index (χ0) is 19.3. The highest BCUT2D eigenvalue weighted by molar-refractivity contribution is 7.89. The van der Waals surface area contributed by atoms with Gasteiger partial charge in [-0.3, -0.25) is 4.79 Å². The van der Waals surface area contributed by atoms with E-state index in [4.69, 9.17) is 38.2 Å². The molecular formula is C15H20Cl2N2O6S. The van der Waals surface area contributed by atoms with Crippen LogP contribution in [0, 0.1) is 0 Å². The Bertz CT molecular complexity index is 747. The Hall–Kier alpha value is -0.940. The summed E-state index contributed by atoms with van der Waals surface area (Å²) < 4.78 is 32.1. The van der Waals surface area contributed by atoms with Gasteiger partial charge in [-0.1, -0.05) is 23.2 Å². The molecule has 1 fully saturated rings. The molecule has 0 aromatic heterocycles. The second-order valence-electron chi connectivity index (χ2n) is 5.52. The van der Waals surface area contributed by atoms with E-state index in [0.29, 0.717) is 0 Å². The molecule has 2 N–H and O–H groups in total. The van der Waals surface area contributed by atoms with Gasteiger partial charge in [0.05, 0.1) is 42.0 Å². The number of carbonyl (C=O) groups excluding carboxylic acids is 1. The molecule has 1 aliphatic rings. The van der Waals surface area contributed by atoms with Crippen LogP contribution < -0.4 is 0 Å². The third-order valence-electron chi connectivity index (χ3n) is 3.87. The molecule has 1 saturated heterocycles. The largest absolute Gasteiger partial charge is 0.395 e. The van der Waals surface area contributed by atoms with Crippen molar-refractivity contribution in [2.24, 2.45) is 0 Å². The van der Waals surface area contributed by atoms with Crippen molar-refractivity contribution in [1.82, 2.24) is 9.21 Å². The van der Waals surface area contributed by atoms with Gasteiger partial charge in [-0.15, -0.1) is 0 Å². The van der Waals surface area contributed by atoms with Gasteiger partial charge in [-0.25, -0.2) is 8.42 Å². The van der Waals surface area contributed by atoms with Crippen LogP contribution >= 0.6 is 23.2 Å². The minimum absolute atomic E-state index is 0.0122. The Balaban J connectivity index is 2.43. The smallest absolute Gasteiger partial charge is 0.255 e. The second kappa shape index (κ2) is 9.32. The van der Waals surface area contributed by atoms with Gasteiger partial charge in [0.15, 0.2) is 0 Å². The molecule has 1 aliphatic heterocycles. The maximum Gasteiger partial charge on any atom is 0.255 e. The first-order valence-corrected chi connectivity index (χ1v) is 10.1. The van der Waals surface area contributed by atoms with E-state index in [9.17, 15) is 13.2 Å². The van der Waals surface area contributed by atoms with Crippen LogP contribution in [0.3, 0.4) is 0 Å². The number of nitrogens with zero attached hydrogens (tertiary/aromatic N) is 2. The molecule has 2 rings (SSSR count). The minimum Gasteiger partial charge on any atom is -0.395 e. The molecule has 0 spiro atoms. The number of sulfonamides is 1. The average molecular weight is 427 g/mol. The van der Waals surface area contributed by atoms with Gasteiger partial charge in [0.1, 0.15) is 4.90 Å². The first kappa shape index (κ1) is 21.4. The molecule has 0 atom stereocenters. The van der Waals surface area contributed by atoms with Crippen molar-refractivity contribution in [1.29, 1.82) is 0 Å². The second-order valence-corrected chi connectivity index (χ2v) is 8.24. The van der Waals surface area contributed by atoms with E-state index >= 15 is 0 Å². The lowest BCUT2D eigenvalue weighted by Gasteiger charge is -2.27. The quantitative estimate of drug-likeness (QED) is 0.654. The molecule has 0 radical (unpaired) electrons. The molecular weight excluding hydrogens is 407 g/mol. The summed E-state index contributed by atoms with van der Waals surface area (Å²) in [5, 5.41) is 18.1. The predicted molar refractivity (Wildman–Crippen MR) is 96.1 cm³/mol. The molecule has 8 nitrogen and oxygen atoms in total. The molecule has 1 amide bonds. The van der Waals surface area contributed by atoms with Gasteiger partial charge in [-0.05, 0) is 12.1 Å². The van der Waals surface area contributed by atoms with E-state index in [1.54, 1.807) is 0 Å². The fourth-order valence-electron chi connectivity index (χ4n) is 2.54. The minimum atomic E-state index is -3.92. The molecule has 146 valence electrons. The van der Waals surface area contributed by atoms with Crippen molar-refractivity contribution >= 4 is 39.1 Å². The first-order chi connectivity index (χ1) is 12.3. The maximum absolute atomic E-state index is 12.9. The number of rotatable bonds is 7. The zero-order valence-corrected chi connectivity index (χ0v) is 16.2. The topological polar surface area (TPSA) is 107 Å². The van der Waals surface area contributed by atoms with Crippen LogP contribution in [0.1, 0.15) is 10.4 Å². The SMILES string of the molecule is O=C(c1cc(S(=O)(=O)N2CCOCC2)c(Cl)cc1Cl)N(CCO)CCO. The van der Waals surface area contributed by atoms with E-state index in [2.05, 4.69) is 0 Å². The van der Waals surface area contributed by atoms with Crippen LogP contribution in [0.15, 0.2) is 17.0 Å². The molecule has 1 heterocycles. The van der Waals surface area contributed by atoms with E-state index in [1.165, 1.54) is 15.3 Å². The summed E-state index contributed by atoms with van der Waals surface area (Å²) in [7, 11) is -3.92. The Morgan fingerprint density at radius 3 is 2.23 bits per heavy atom. The van der Waals surface area contributed by atoms with Crippen molar-refractivity contribution in [2.75, 3.05) is 52.6 Å². The van der Waals surface area contributed by atoms with E-state index in [-0.39, 0.29) is 73.1 Å². The fourth-order valence-corrected chi connectivity index (χ4v) is 4.78. The number of benzene rings is 1. The monoisotopic (exact) mass is 426 g/mol. The molecule has 1 aromatic rings. The van der Waals surface area contributed by atoms with Gasteiger partial charge in [-0.2, -0.15) is 4.31 Å². The summed E-state index contributed by atoms with van der Waals surface area (Å²) in [5.41, 5.74) is -0.0650. The lowest BCUT2D eigenvalue weighted by atomic mass is 10.2. The number of ether oxygens (including phenoxy) is 1. The van der Waals surface area contributed by atoms with Crippen molar-refractivity contribution in [3.05, 3.63) is 27.7 Å². The number of amides is 1. The summed E-state index contributed by atoms with van der Waals surface area (Å²) in [4.78, 5) is 13.6.